The first-order valence-corrected chi connectivity index (χ1v) is 10.1. The molecule has 3 heterocycles. The quantitative estimate of drug-likeness (QED) is 0.458. The van der Waals surface area contributed by atoms with Crippen molar-refractivity contribution in [1.29, 1.82) is 0 Å². The normalized spacial score (nSPS) is 11.0. The molecule has 2 aromatic carbocycles. The molecule has 0 unspecified atom stereocenters. The van der Waals surface area contributed by atoms with E-state index in [-0.39, 0.29) is 11.9 Å². The summed E-state index contributed by atoms with van der Waals surface area (Å²) in [6.07, 6.45) is 3.91. The number of nitrogens with one attached hydrogen (secondary N) is 1. The number of anilines is 1. The summed E-state index contributed by atoms with van der Waals surface area (Å²) in [5, 5.41) is 9.24. The van der Waals surface area contributed by atoms with Crippen LogP contribution in [-0.4, -0.2) is 32.2 Å². The van der Waals surface area contributed by atoms with E-state index in [0.29, 0.717) is 10.5 Å². The van der Waals surface area contributed by atoms with Gasteiger partial charge in [-0.1, -0.05) is 0 Å². The van der Waals surface area contributed by atoms with E-state index in [0.717, 1.165) is 22.7 Å². The molecule has 5 aromatic rings. The zero-order valence-electron chi connectivity index (χ0n) is 16.0. The lowest BCUT2D eigenvalue weighted by Crippen LogP contribution is -2.13. The highest BCUT2D eigenvalue weighted by molar-refractivity contribution is 7.15. The number of carbonyl (C=O) groups is 1. The molecule has 0 saturated heterocycles. The van der Waals surface area contributed by atoms with Gasteiger partial charge in [0.2, 0.25) is 4.96 Å². The SMILES string of the molecule is COc1ccc(-c2csc3nc(NC(=O)c4ccc(-n5cccc5)cc4)nn23)cc1. The van der Waals surface area contributed by atoms with Crippen molar-refractivity contribution in [3.8, 4) is 22.7 Å². The molecule has 1 N–H and O–H groups in total. The van der Waals surface area contributed by atoms with Gasteiger partial charge in [0.05, 0.1) is 12.8 Å². The molecule has 148 valence electrons. The number of fused-ring (bicyclic) bond motifs is 1. The Morgan fingerprint density at radius 2 is 1.77 bits per heavy atom. The van der Waals surface area contributed by atoms with Gasteiger partial charge in [-0.2, -0.15) is 4.98 Å². The maximum absolute atomic E-state index is 12.6. The Balaban J connectivity index is 1.36. The van der Waals surface area contributed by atoms with Gasteiger partial charge in [-0.3, -0.25) is 10.1 Å². The number of rotatable bonds is 5. The maximum Gasteiger partial charge on any atom is 0.258 e. The van der Waals surface area contributed by atoms with E-state index in [1.165, 1.54) is 11.3 Å². The van der Waals surface area contributed by atoms with Crippen molar-refractivity contribution < 1.29 is 9.53 Å². The van der Waals surface area contributed by atoms with Crippen LogP contribution in [0.5, 0.6) is 5.75 Å². The second-order valence-corrected chi connectivity index (χ2v) is 7.41. The number of amides is 1. The first kappa shape index (κ1) is 18.1. The molecule has 0 fully saturated rings. The van der Waals surface area contributed by atoms with E-state index < -0.39 is 0 Å². The molecule has 3 aromatic heterocycles. The van der Waals surface area contributed by atoms with Gasteiger partial charge in [0, 0.05) is 34.6 Å². The Kier molecular flexibility index (Phi) is 4.53. The van der Waals surface area contributed by atoms with E-state index in [2.05, 4.69) is 15.4 Å². The van der Waals surface area contributed by atoms with Gasteiger partial charge >= 0.3 is 0 Å². The minimum Gasteiger partial charge on any atom is -0.497 e. The van der Waals surface area contributed by atoms with Gasteiger partial charge in [0.25, 0.3) is 11.9 Å². The standard InChI is InChI=1S/C22H17N5O2S/c1-29-18-10-6-15(7-11-18)19-14-30-22-24-21(25-27(19)22)23-20(28)16-4-8-17(9-5-16)26-12-2-3-13-26/h2-14H,1H3,(H,23,25,28). The van der Waals surface area contributed by atoms with Crippen LogP contribution in [-0.2, 0) is 0 Å². The molecule has 1 amide bonds. The van der Waals surface area contributed by atoms with Crippen LogP contribution in [0.15, 0.2) is 78.4 Å². The van der Waals surface area contributed by atoms with Gasteiger partial charge in [0.15, 0.2) is 0 Å². The minimum atomic E-state index is -0.252. The van der Waals surface area contributed by atoms with Crippen molar-refractivity contribution in [2.45, 2.75) is 0 Å². The predicted octanol–water partition coefficient (Wildman–Crippen LogP) is 4.51. The van der Waals surface area contributed by atoms with Crippen LogP contribution >= 0.6 is 11.3 Å². The smallest absolute Gasteiger partial charge is 0.258 e. The molecule has 7 nitrogen and oxygen atoms in total. The van der Waals surface area contributed by atoms with E-state index in [9.17, 15) is 4.79 Å². The van der Waals surface area contributed by atoms with Gasteiger partial charge < -0.3 is 9.30 Å². The highest BCUT2D eigenvalue weighted by atomic mass is 32.1. The van der Waals surface area contributed by atoms with Crippen LogP contribution in [0.1, 0.15) is 10.4 Å². The summed E-state index contributed by atoms with van der Waals surface area (Å²) in [5.41, 5.74) is 3.42. The average Bonchev–Trinajstić information content (AvgIpc) is 3.52. The Labute approximate surface area is 176 Å². The molecule has 5 rings (SSSR count). The van der Waals surface area contributed by atoms with Crippen LogP contribution < -0.4 is 10.1 Å². The monoisotopic (exact) mass is 415 g/mol. The number of nitrogens with zero attached hydrogens (tertiary/aromatic N) is 4. The fourth-order valence-corrected chi connectivity index (χ4v) is 3.99. The molecule has 0 aliphatic rings. The summed E-state index contributed by atoms with van der Waals surface area (Å²) in [7, 11) is 1.64. The van der Waals surface area contributed by atoms with Gasteiger partial charge in [-0.15, -0.1) is 16.4 Å². The van der Waals surface area contributed by atoms with E-state index in [1.807, 2.05) is 70.9 Å². The second kappa shape index (κ2) is 7.49. The molecule has 0 atom stereocenters. The van der Waals surface area contributed by atoms with Crippen molar-refractivity contribution >= 4 is 28.2 Å². The van der Waals surface area contributed by atoms with Gasteiger partial charge in [-0.25, -0.2) is 4.52 Å². The first-order valence-electron chi connectivity index (χ1n) is 9.25. The lowest BCUT2D eigenvalue weighted by atomic mass is 10.2. The third kappa shape index (κ3) is 3.33. The molecule has 8 heteroatoms. The van der Waals surface area contributed by atoms with Crippen molar-refractivity contribution in [3.05, 3.63) is 84.0 Å². The van der Waals surface area contributed by atoms with E-state index >= 15 is 0 Å². The number of hydrogen-bond acceptors (Lipinski definition) is 5. The highest BCUT2D eigenvalue weighted by Crippen LogP contribution is 2.27. The largest absolute Gasteiger partial charge is 0.497 e. The minimum absolute atomic E-state index is 0.252. The van der Waals surface area contributed by atoms with Crippen LogP contribution in [0, 0.1) is 0 Å². The van der Waals surface area contributed by atoms with Crippen molar-refractivity contribution in [2.24, 2.45) is 0 Å². The van der Waals surface area contributed by atoms with Crippen molar-refractivity contribution in [1.82, 2.24) is 19.2 Å². The molecule has 0 aliphatic heterocycles. The van der Waals surface area contributed by atoms with Crippen LogP contribution in [0.25, 0.3) is 21.9 Å². The zero-order valence-corrected chi connectivity index (χ0v) is 16.8. The van der Waals surface area contributed by atoms with Gasteiger partial charge in [0.1, 0.15) is 5.75 Å². The Morgan fingerprint density at radius 1 is 1.03 bits per heavy atom. The Bertz CT molecular complexity index is 1300. The Hall–Kier alpha value is -3.91. The first-order chi connectivity index (χ1) is 14.7. The molecule has 0 bridgehead atoms. The average molecular weight is 415 g/mol. The fraction of sp³-hybridized carbons (Fsp3) is 0.0455. The number of hydrogen-bond donors (Lipinski definition) is 1. The summed E-state index contributed by atoms with van der Waals surface area (Å²) in [6.45, 7) is 0. The number of carbonyl (C=O) groups excluding carboxylic acids is 1. The topological polar surface area (TPSA) is 73.4 Å². The van der Waals surface area contributed by atoms with Crippen LogP contribution in [0.2, 0.25) is 0 Å². The summed E-state index contributed by atoms with van der Waals surface area (Å²) in [6, 6.07) is 19.0. The highest BCUT2D eigenvalue weighted by Gasteiger charge is 2.14. The van der Waals surface area contributed by atoms with Crippen molar-refractivity contribution in [3.63, 3.8) is 0 Å². The fourth-order valence-electron chi connectivity index (χ4n) is 3.16. The molecular formula is C22H17N5O2S. The summed E-state index contributed by atoms with van der Waals surface area (Å²) in [5.74, 6) is 0.814. The third-order valence-electron chi connectivity index (χ3n) is 4.72. The molecule has 30 heavy (non-hydrogen) atoms. The summed E-state index contributed by atoms with van der Waals surface area (Å²) in [4.78, 5) is 17.8. The molecule has 0 aliphatic carbocycles. The summed E-state index contributed by atoms with van der Waals surface area (Å²) < 4.78 is 8.92. The number of methoxy groups -OCH3 is 1. The van der Waals surface area contributed by atoms with E-state index in [1.54, 1.807) is 23.8 Å². The lowest BCUT2D eigenvalue weighted by Gasteiger charge is -2.05. The van der Waals surface area contributed by atoms with Crippen LogP contribution in [0.3, 0.4) is 0 Å². The predicted molar refractivity (Wildman–Crippen MR) is 117 cm³/mol. The molecule has 0 spiro atoms. The van der Waals surface area contributed by atoms with E-state index in [4.69, 9.17) is 4.74 Å². The number of benzene rings is 2. The Morgan fingerprint density at radius 3 is 2.47 bits per heavy atom. The third-order valence-corrected chi connectivity index (χ3v) is 5.54. The molecular weight excluding hydrogens is 398 g/mol. The van der Waals surface area contributed by atoms with Gasteiger partial charge in [-0.05, 0) is 60.7 Å². The number of ether oxygens (including phenoxy) is 1. The number of thiazole rings is 1. The van der Waals surface area contributed by atoms with Crippen molar-refractivity contribution in [2.75, 3.05) is 12.4 Å². The second-order valence-electron chi connectivity index (χ2n) is 6.57. The molecule has 0 saturated carbocycles. The number of aromatic nitrogens is 4. The zero-order chi connectivity index (χ0) is 20.5. The maximum atomic E-state index is 12.6. The molecule has 0 radical (unpaired) electrons. The van der Waals surface area contributed by atoms with Crippen LogP contribution in [0.4, 0.5) is 5.95 Å². The lowest BCUT2D eigenvalue weighted by molar-refractivity contribution is 0.102. The summed E-state index contributed by atoms with van der Waals surface area (Å²) >= 11 is 1.47.